The number of thioether (sulfide) groups is 1. The molecule has 0 aromatic heterocycles. The molecule has 0 bridgehead atoms. The maximum atomic E-state index is 13.9. The van der Waals surface area contributed by atoms with Crippen LogP contribution in [0, 0.1) is 11.6 Å². The Bertz CT molecular complexity index is 804. The molecular weight excluding hydrogens is 324 g/mol. The van der Waals surface area contributed by atoms with Gasteiger partial charge < -0.3 is 0 Å². The lowest BCUT2D eigenvalue weighted by molar-refractivity contribution is -0.113. The van der Waals surface area contributed by atoms with Crippen LogP contribution in [0.15, 0.2) is 53.4 Å². The molecule has 0 aliphatic carbocycles. The Morgan fingerprint density at radius 1 is 1.09 bits per heavy atom. The summed E-state index contributed by atoms with van der Waals surface area (Å²) in [6.45, 7) is 0. The number of para-hydroxylation sites is 1. The Balaban J connectivity index is 1.97. The first-order chi connectivity index (χ1) is 10.6. The second-order valence-corrected chi connectivity index (χ2v) is 6.20. The lowest BCUT2D eigenvalue weighted by Gasteiger charge is -2.14. The van der Waals surface area contributed by atoms with Crippen LogP contribution < -0.4 is 4.90 Å². The summed E-state index contributed by atoms with van der Waals surface area (Å²) >= 11 is 6.23. The van der Waals surface area contributed by atoms with E-state index in [0.717, 1.165) is 16.7 Å². The predicted molar refractivity (Wildman–Crippen MR) is 88.5 cm³/mol. The van der Waals surface area contributed by atoms with Gasteiger partial charge in [0.1, 0.15) is 11.6 Å². The minimum Gasteiger partial charge on any atom is -0.268 e. The van der Waals surface area contributed by atoms with E-state index >= 15 is 0 Å². The van der Waals surface area contributed by atoms with Crippen LogP contribution in [0.3, 0.4) is 0 Å². The normalized spacial score (nSPS) is 16.6. The number of thiocarbonyl (C=S) groups is 1. The summed E-state index contributed by atoms with van der Waals surface area (Å²) < 4.78 is 27.3. The zero-order valence-corrected chi connectivity index (χ0v) is 12.8. The topological polar surface area (TPSA) is 20.3 Å². The van der Waals surface area contributed by atoms with Crippen molar-refractivity contribution in [3.05, 3.63) is 70.6 Å². The molecule has 1 fully saturated rings. The van der Waals surface area contributed by atoms with Crippen molar-refractivity contribution in [2.75, 3.05) is 4.90 Å². The summed E-state index contributed by atoms with van der Waals surface area (Å²) in [5.41, 5.74) is 0.668. The molecule has 1 amide bonds. The maximum Gasteiger partial charge on any atom is 0.270 e. The fourth-order valence-corrected chi connectivity index (χ4v) is 3.34. The molecule has 0 saturated carbocycles. The number of nitrogens with zero attached hydrogens (tertiary/aromatic N) is 1. The lowest BCUT2D eigenvalue weighted by Crippen LogP contribution is -2.28. The number of carbonyl (C=O) groups is 1. The van der Waals surface area contributed by atoms with Crippen LogP contribution in [0.4, 0.5) is 14.5 Å². The number of amides is 1. The second kappa shape index (κ2) is 5.98. The average molecular weight is 333 g/mol. The van der Waals surface area contributed by atoms with Gasteiger partial charge in [-0.25, -0.2) is 8.78 Å². The van der Waals surface area contributed by atoms with E-state index in [9.17, 15) is 13.6 Å². The largest absolute Gasteiger partial charge is 0.270 e. The molecule has 0 spiro atoms. The Hall–Kier alpha value is -2.05. The van der Waals surface area contributed by atoms with Gasteiger partial charge in [-0.05, 0) is 35.9 Å². The molecule has 2 aromatic rings. The van der Waals surface area contributed by atoms with Crippen molar-refractivity contribution in [2.24, 2.45) is 0 Å². The number of rotatable bonds is 2. The van der Waals surface area contributed by atoms with Crippen LogP contribution >= 0.6 is 24.0 Å². The highest BCUT2D eigenvalue weighted by atomic mass is 32.2. The number of benzene rings is 2. The van der Waals surface area contributed by atoms with Gasteiger partial charge in [0.25, 0.3) is 5.91 Å². The third-order valence-electron chi connectivity index (χ3n) is 3.03. The van der Waals surface area contributed by atoms with Crippen molar-refractivity contribution in [2.45, 2.75) is 0 Å². The molecule has 0 N–H and O–H groups in total. The van der Waals surface area contributed by atoms with Gasteiger partial charge >= 0.3 is 0 Å². The minimum atomic E-state index is -0.522. The first-order valence-corrected chi connectivity index (χ1v) is 7.57. The quantitative estimate of drug-likeness (QED) is 0.601. The first-order valence-electron chi connectivity index (χ1n) is 6.34. The van der Waals surface area contributed by atoms with Gasteiger partial charge in [0.05, 0.1) is 10.6 Å². The molecule has 3 rings (SSSR count). The smallest absolute Gasteiger partial charge is 0.268 e. The molecule has 1 aliphatic heterocycles. The minimum absolute atomic E-state index is 0.118. The van der Waals surface area contributed by atoms with E-state index in [1.54, 1.807) is 30.3 Å². The van der Waals surface area contributed by atoms with E-state index in [-0.39, 0.29) is 10.0 Å². The summed E-state index contributed by atoms with van der Waals surface area (Å²) in [5, 5.41) is 0. The molecule has 6 heteroatoms. The maximum absolute atomic E-state index is 13.9. The van der Waals surface area contributed by atoms with Gasteiger partial charge in [-0.15, -0.1) is 0 Å². The third kappa shape index (κ3) is 2.80. The molecule has 1 heterocycles. The SMILES string of the molecule is O=C1/C(=C/c2cccc(F)c2)SC(=S)N1c1ccccc1F. The highest BCUT2D eigenvalue weighted by molar-refractivity contribution is 8.27. The van der Waals surface area contributed by atoms with Gasteiger partial charge in [-0.3, -0.25) is 9.69 Å². The molecule has 1 saturated heterocycles. The van der Waals surface area contributed by atoms with Gasteiger partial charge in [0, 0.05) is 0 Å². The second-order valence-electron chi connectivity index (χ2n) is 4.52. The molecule has 1 aliphatic rings. The Labute approximate surface area is 135 Å². The third-order valence-corrected chi connectivity index (χ3v) is 4.34. The standard InChI is InChI=1S/C16H9F2NOS2/c17-11-5-3-4-10(8-11)9-14-15(20)19(16(21)22-14)13-7-2-1-6-12(13)18/h1-9H/b14-9-. The highest BCUT2D eigenvalue weighted by Gasteiger charge is 2.34. The van der Waals surface area contributed by atoms with E-state index < -0.39 is 17.5 Å². The molecular formula is C16H9F2NOS2. The molecule has 2 nitrogen and oxygen atoms in total. The van der Waals surface area contributed by atoms with Crippen LogP contribution in [0.25, 0.3) is 6.08 Å². The molecule has 0 unspecified atom stereocenters. The van der Waals surface area contributed by atoms with Crippen molar-refractivity contribution in [3.63, 3.8) is 0 Å². The summed E-state index contributed by atoms with van der Waals surface area (Å²) in [6, 6.07) is 11.8. The van der Waals surface area contributed by atoms with E-state index in [4.69, 9.17) is 12.2 Å². The number of anilines is 1. The summed E-state index contributed by atoms with van der Waals surface area (Å²) in [4.78, 5) is 13.9. The van der Waals surface area contributed by atoms with E-state index in [0.29, 0.717) is 10.5 Å². The van der Waals surface area contributed by atoms with Crippen LogP contribution in [-0.4, -0.2) is 10.2 Å². The Morgan fingerprint density at radius 3 is 2.59 bits per heavy atom. The summed E-state index contributed by atoms with van der Waals surface area (Å²) in [5.74, 6) is -1.33. The van der Waals surface area contributed by atoms with Gasteiger partial charge in [0.2, 0.25) is 0 Å². The average Bonchev–Trinajstić information content (AvgIpc) is 2.74. The van der Waals surface area contributed by atoms with E-state index in [2.05, 4.69) is 0 Å². The number of carbonyl (C=O) groups excluding carboxylic acids is 1. The molecule has 0 atom stereocenters. The molecule has 0 radical (unpaired) electrons. The first kappa shape index (κ1) is 14.9. The number of hydrogen-bond donors (Lipinski definition) is 0. The highest BCUT2D eigenvalue weighted by Crippen LogP contribution is 2.36. The fraction of sp³-hybridized carbons (Fsp3) is 0. The predicted octanol–water partition coefficient (Wildman–Crippen LogP) is 4.37. The lowest BCUT2D eigenvalue weighted by atomic mass is 10.2. The fourth-order valence-electron chi connectivity index (χ4n) is 2.06. The van der Waals surface area contributed by atoms with Gasteiger partial charge in [-0.2, -0.15) is 0 Å². The van der Waals surface area contributed by atoms with Crippen molar-refractivity contribution < 1.29 is 13.6 Å². The van der Waals surface area contributed by atoms with Crippen LogP contribution in [0.5, 0.6) is 0 Å². The van der Waals surface area contributed by atoms with Crippen molar-refractivity contribution in [3.8, 4) is 0 Å². The van der Waals surface area contributed by atoms with Crippen molar-refractivity contribution in [1.82, 2.24) is 0 Å². The van der Waals surface area contributed by atoms with Gasteiger partial charge in [-0.1, -0.05) is 48.2 Å². The number of hydrogen-bond acceptors (Lipinski definition) is 3. The molecule has 22 heavy (non-hydrogen) atoms. The number of halogens is 2. The van der Waals surface area contributed by atoms with Crippen LogP contribution in [-0.2, 0) is 4.79 Å². The zero-order valence-electron chi connectivity index (χ0n) is 11.1. The summed E-state index contributed by atoms with van der Waals surface area (Å²) in [7, 11) is 0. The molecule has 110 valence electrons. The van der Waals surface area contributed by atoms with Crippen LogP contribution in [0.2, 0.25) is 0 Å². The van der Waals surface area contributed by atoms with Crippen molar-refractivity contribution in [1.29, 1.82) is 0 Å². The zero-order chi connectivity index (χ0) is 15.7. The Morgan fingerprint density at radius 2 is 1.86 bits per heavy atom. The Kier molecular flexibility index (Phi) is 4.04. The summed E-state index contributed by atoms with van der Waals surface area (Å²) in [6.07, 6.45) is 1.54. The van der Waals surface area contributed by atoms with Gasteiger partial charge in [0.15, 0.2) is 4.32 Å². The molecule has 2 aromatic carbocycles. The van der Waals surface area contributed by atoms with Crippen molar-refractivity contribution >= 4 is 46.0 Å². The monoisotopic (exact) mass is 333 g/mol. The van der Waals surface area contributed by atoms with E-state index in [1.807, 2.05) is 0 Å². The van der Waals surface area contributed by atoms with E-state index in [1.165, 1.54) is 24.3 Å². The van der Waals surface area contributed by atoms with Crippen LogP contribution in [0.1, 0.15) is 5.56 Å².